The number of rotatable bonds is 5. The zero-order chi connectivity index (χ0) is 14.1. The van der Waals surface area contributed by atoms with Gasteiger partial charge in [-0.05, 0) is 50.1 Å². The molecule has 110 valence electrons. The minimum Gasteiger partial charge on any atom is -0.459 e. The van der Waals surface area contributed by atoms with Gasteiger partial charge >= 0.3 is 5.91 Å². The van der Waals surface area contributed by atoms with Gasteiger partial charge < -0.3 is 9.32 Å². The third-order valence-corrected chi connectivity index (χ3v) is 4.96. The maximum absolute atomic E-state index is 11.6. The highest BCUT2D eigenvalue weighted by molar-refractivity contribution is 5.92. The van der Waals surface area contributed by atoms with Crippen LogP contribution in [0.5, 0.6) is 0 Å². The summed E-state index contributed by atoms with van der Waals surface area (Å²) in [5.41, 5.74) is 3.03. The predicted molar refractivity (Wildman–Crippen MR) is 75.6 cm³/mol. The molecule has 5 heteroatoms. The van der Waals surface area contributed by atoms with Crippen LogP contribution in [0.1, 0.15) is 41.8 Å². The smallest absolute Gasteiger partial charge is 0.301 e. The molecule has 3 rings (SSSR count). The summed E-state index contributed by atoms with van der Waals surface area (Å²) in [4.78, 5) is 13.9. The van der Waals surface area contributed by atoms with Gasteiger partial charge in [0.25, 0.3) is 0 Å². The summed E-state index contributed by atoms with van der Waals surface area (Å²) in [6, 6.07) is 1.85. The van der Waals surface area contributed by atoms with Crippen LogP contribution in [0.25, 0.3) is 0 Å². The first-order valence-electron chi connectivity index (χ1n) is 7.43. The molecule has 0 spiro atoms. The summed E-state index contributed by atoms with van der Waals surface area (Å²) in [6.07, 6.45) is 7.22. The molecule has 1 aromatic heterocycles. The van der Waals surface area contributed by atoms with Gasteiger partial charge in [0.15, 0.2) is 5.76 Å². The number of nitrogen functional groups attached to an aromatic ring is 1. The van der Waals surface area contributed by atoms with Crippen molar-refractivity contribution in [2.75, 3.05) is 13.6 Å². The maximum Gasteiger partial charge on any atom is 0.301 e. The Balaban J connectivity index is 1.58. The second-order valence-electron chi connectivity index (χ2n) is 6.38. The molecule has 0 aromatic carbocycles. The number of carbonyl (C=O) groups excluding carboxylic acids is 1. The summed E-state index contributed by atoms with van der Waals surface area (Å²) in [5, 5.41) is 0. The number of fused-ring (bicyclic) bond motifs is 2. The van der Waals surface area contributed by atoms with Crippen molar-refractivity contribution in [3.8, 4) is 0 Å². The normalized spacial score (nSPS) is 28.2. The molecule has 2 aliphatic rings. The molecule has 3 unspecified atom stereocenters. The summed E-state index contributed by atoms with van der Waals surface area (Å²) in [6.45, 7) is 1.84. The average molecular weight is 277 g/mol. The highest BCUT2D eigenvalue weighted by Gasteiger charge is 2.39. The molecule has 0 saturated heterocycles. The van der Waals surface area contributed by atoms with E-state index in [0.717, 1.165) is 36.4 Å². The fourth-order valence-electron chi connectivity index (χ4n) is 4.08. The number of carbonyl (C=O) groups is 1. The first kappa shape index (κ1) is 13.6. The third kappa shape index (κ3) is 2.60. The zero-order valence-electron chi connectivity index (χ0n) is 12.0. The summed E-state index contributed by atoms with van der Waals surface area (Å²) >= 11 is 0. The zero-order valence-corrected chi connectivity index (χ0v) is 12.0. The lowest BCUT2D eigenvalue weighted by molar-refractivity contribution is 0.0923. The number of nitrogens with two attached hydrogens (primary N) is 1. The van der Waals surface area contributed by atoms with Gasteiger partial charge in [-0.1, -0.05) is 6.42 Å². The standard InChI is InChI=1S/C15H23N3O2/c1-18(9-13-7-10-2-3-11(13)6-10)8-12-4-5-20-14(12)15(19)17-16/h4-5,10-11,13H,2-3,6-9,16H2,1H3,(H,17,19). The predicted octanol–water partition coefficient (Wildman–Crippen LogP) is 1.75. The SMILES string of the molecule is CN(Cc1ccoc1C(=O)NN)CC1CC2CCC1C2. The maximum atomic E-state index is 11.6. The quantitative estimate of drug-likeness (QED) is 0.488. The molecule has 0 aliphatic heterocycles. The van der Waals surface area contributed by atoms with Gasteiger partial charge in [0.2, 0.25) is 0 Å². The van der Waals surface area contributed by atoms with E-state index in [1.807, 2.05) is 6.07 Å². The van der Waals surface area contributed by atoms with E-state index in [1.54, 1.807) is 6.26 Å². The number of hydrazine groups is 1. The van der Waals surface area contributed by atoms with Gasteiger partial charge in [0.1, 0.15) is 0 Å². The monoisotopic (exact) mass is 277 g/mol. The van der Waals surface area contributed by atoms with Crippen LogP contribution in [0.15, 0.2) is 16.7 Å². The summed E-state index contributed by atoms with van der Waals surface area (Å²) in [5.74, 6) is 7.86. The van der Waals surface area contributed by atoms with Crippen molar-refractivity contribution in [1.29, 1.82) is 0 Å². The van der Waals surface area contributed by atoms with Gasteiger partial charge in [-0.15, -0.1) is 0 Å². The van der Waals surface area contributed by atoms with Crippen LogP contribution >= 0.6 is 0 Å². The van der Waals surface area contributed by atoms with Gasteiger partial charge in [-0.2, -0.15) is 0 Å². The average Bonchev–Trinajstić information content (AvgIpc) is 3.13. The number of amides is 1. The van der Waals surface area contributed by atoms with Crippen LogP contribution in [0.3, 0.4) is 0 Å². The lowest BCUT2D eigenvalue weighted by atomic mass is 9.88. The topological polar surface area (TPSA) is 71.5 Å². The van der Waals surface area contributed by atoms with E-state index < -0.39 is 0 Å². The molecule has 2 fully saturated rings. The highest BCUT2D eigenvalue weighted by Crippen LogP contribution is 2.48. The number of furan rings is 1. The molecule has 1 aromatic rings. The molecule has 2 bridgehead atoms. The van der Waals surface area contributed by atoms with Crippen LogP contribution in [0.4, 0.5) is 0 Å². The van der Waals surface area contributed by atoms with Crippen molar-refractivity contribution in [3.05, 3.63) is 23.7 Å². The van der Waals surface area contributed by atoms with E-state index in [-0.39, 0.29) is 5.91 Å². The number of nitrogens with zero attached hydrogens (tertiary/aromatic N) is 1. The molecule has 20 heavy (non-hydrogen) atoms. The van der Waals surface area contributed by atoms with Gasteiger partial charge in [-0.25, -0.2) is 5.84 Å². The number of nitrogens with one attached hydrogen (secondary N) is 1. The van der Waals surface area contributed by atoms with Crippen LogP contribution in [0, 0.1) is 17.8 Å². The van der Waals surface area contributed by atoms with E-state index in [0.29, 0.717) is 5.76 Å². The molecule has 2 aliphatic carbocycles. The Kier molecular flexibility index (Phi) is 3.81. The van der Waals surface area contributed by atoms with Crippen molar-refractivity contribution in [2.24, 2.45) is 23.6 Å². The Morgan fingerprint density at radius 2 is 2.35 bits per heavy atom. The van der Waals surface area contributed by atoms with E-state index in [1.165, 1.54) is 25.7 Å². The van der Waals surface area contributed by atoms with Gasteiger partial charge in [0, 0.05) is 18.7 Å². The number of hydrogen-bond acceptors (Lipinski definition) is 4. The van der Waals surface area contributed by atoms with Crippen molar-refractivity contribution in [2.45, 2.75) is 32.2 Å². The van der Waals surface area contributed by atoms with Crippen LogP contribution in [0.2, 0.25) is 0 Å². The van der Waals surface area contributed by atoms with E-state index in [2.05, 4.69) is 17.4 Å². The Morgan fingerprint density at radius 3 is 3.00 bits per heavy atom. The lowest BCUT2D eigenvalue weighted by Crippen LogP contribution is -2.32. The summed E-state index contributed by atoms with van der Waals surface area (Å²) in [7, 11) is 2.11. The van der Waals surface area contributed by atoms with Crippen molar-refractivity contribution in [1.82, 2.24) is 10.3 Å². The van der Waals surface area contributed by atoms with Crippen LogP contribution in [-0.4, -0.2) is 24.4 Å². The molecule has 1 heterocycles. The molecule has 3 atom stereocenters. The largest absolute Gasteiger partial charge is 0.459 e. The Labute approximate surface area is 119 Å². The first-order chi connectivity index (χ1) is 9.67. The minimum atomic E-state index is -0.363. The fourth-order valence-corrected chi connectivity index (χ4v) is 4.08. The van der Waals surface area contributed by atoms with Crippen molar-refractivity contribution >= 4 is 5.91 Å². The van der Waals surface area contributed by atoms with Crippen LogP contribution in [-0.2, 0) is 6.54 Å². The lowest BCUT2D eigenvalue weighted by Gasteiger charge is -2.27. The second kappa shape index (κ2) is 5.58. The van der Waals surface area contributed by atoms with E-state index >= 15 is 0 Å². The first-order valence-corrected chi connectivity index (χ1v) is 7.43. The molecule has 0 radical (unpaired) electrons. The molecule has 3 N–H and O–H groups in total. The second-order valence-corrected chi connectivity index (χ2v) is 6.38. The Hall–Kier alpha value is -1.33. The fraction of sp³-hybridized carbons (Fsp3) is 0.667. The molecule has 1 amide bonds. The minimum absolute atomic E-state index is 0.326. The van der Waals surface area contributed by atoms with Crippen molar-refractivity contribution in [3.63, 3.8) is 0 Å². The van der Waals surface area contributed by atoms with Gasteiger partial charge in [-0.3, -0.25) is 10.2 Å². The molecule has 5 nitrogen and oxygen atoms in total. The van der Waals surface area contributed by atoms with E-state index in [4.69, 9.17) is 10.3 Å². The third-order valence-electron chi connectivity index (χ3n) is 4.96. The van der Waals surface area contributed by atoms with Crippen molar-refractivity contribution < 1.29 is 9.21 Å². The van der Waals surface area contributed by atoms with E-state index in [9.17, 15) is 4.79 Å². The Bertz CT molecular complexity index is 485. The molecule has 2 saturated carbocycles. The number of hydrogen-bond donors (Lipinski definition) is 2. The van der Waals surface area contributed by atoms with Crippen LogP contribution < -0.4 is 11.3 Å². The Morgan fingerprint density at radius 1 is 1.50 bits per heavy atom. The van der Waals surface area contributed by atoms with Gasteiger partial charge in [0.05, 0.1) is 6.26 Å². The highest BCUT2D eigenvalue weighted by atomic mass is 16.3. The summed E-state index contributed by atoms with van der Waals surface area (Å²) < 4.78 is 5.22. The molecular formula is C15H23N3O2. The molecular weight excluding hydrogens is 254 g/mol.